The first-order valence-electron chi connectivity index (χ1n) is 22.3. The standard InChI is InChI=1S/C57H50N3O.Pt/c1-37-25-27-38(28-26-37)41-29-30-58-50(34-41)43-31-42(32-44(33-43)56(2,3)4)45-22-16-23-51-54(45)59-55(46-21-14-15-24-53(46)61)60(51)52-36-47(39-17-10-8-11-18-39)49(57(5,6)7)35-48(52)40-19-12-9-13-20-40;/h8-30,32-36,61H,1-7H3;/q-1;/i1D3;. The number of phenolic OH excluding ortho intramolecular Hbond substituents is 1. The molecule has 62 heavy (non-hydrogen) atoms. The predicted octanol–water partition coefficient (Wildman–Crippen LogP) is 14.8. The fourth-order valence-electron chi connectivity index (χ4n) is 8.21. The number of pyridine rings is 1. The summed E-state index contributed by atoms with van der Waals surface area (Å²) < 4.78 is 25.7. The molecule has 0 amide bonds. The topological polar surface area (TPSA) is 50.9 Å². The van der Waals surface area contributed by atoms with Crippen LogP contribution in [0.15, 0.2) is 170 Å². The van der Waals surface area contributed by atoms with Crippen LogP contribution in [-0.2, 0) is 31.9 Å². The van der Waals surface area contributed by atoms with Crippen molar-refractivity contribution in [2.24, 2.45) is 0 Å². The summed E-state index contributed by atoms with van der Waals surface area (Å²) in [5.74, 6) is 0.755. The van der Waals surface area contributed by atoms with Gasteiger partial charge in [-0.15, -0.1) is 29.3 Å². The number of hydrogen-bond donors (Lipinski definition) is 1. The van der Waals surface area contributed by atoms with E-state index in [-0.39, 0.29) is 37.6 Å². The van der Waals surface area contributed by atoms with E-state index < -0.39 is 6.85 Å². The van der Waals surface area contributed by atoms with E-state index in [0.29, 0.717) is 17.0 Å². The first kappa shape index (κ1) is 38.6. The van der Waals surface area contributed by atoms with E-state index in [1.165, 1.54) is 5.56 Å². The molecule has 0 unspecified atom stereocenters. The third kappa shape index (κ3) is 8.20. The van der Waals surface area contributed by atoms with Crippen molar-refractivity contribution in [2.45, 2.75) is 59.2 Å². The molecule has 310 valence electrons. The van der Waals surface area contributed by atoms with Crippen LogP contribution in [0.25, 0.3) is 83.9 Å². The zero-order valence-electron chi connectivity index (χ0n) is 38.8. The second-order valence-corrected chi connectivity index (χ2v) is 17.8. The fourth-order valence-corrected chi connectivity index (χ4v) is 8.21. The van der Waals surface area contributed by atoms with Crippen LogP contribution < -0.4 is 0 Å². The summed E-state index contributed by atoms with van der Waals surface area (Å²) in [5.41, 5.74) is 15.0. The summed E-state index contributed by atoms with van der Waals surface area (Å²) in [6, 6.07) is 58.5. The second kappa shape index (κ2) is 16.8. The second-order valence-electron chi connectivity index (χ2n) is 17.8. The number of rotatable bonds is 7. The molecule has 9 aromatic rings. The van der Waals surface area contributed by atoms with Gasteiger partial charge in [0.15, 0.2) is 0 Å². The molecule has 0 bridgehead atoms. The molecule has 0 fully saturated rings. The first-order chi connectivity index (χ1) is 30.5. The van der Waals surface area contributed by atoms with Crippen LogP contribution in [0.5, 0.6) is 5.75 Å². The molecule has 4 nitrogen and oxygen atoms in total. The molecule has 0 saturated carbocycles. The summed E-state index contributed by atoms with van der Waals surface area (Å²) in [4.78, 5) is 10.4. The Bertz CT molecular complexity index is 3160. The van der Waals surface area contributed by atoms with Crippen molar-refractivity contribution in [2.75, 3.05) is 0 Å². The molecule has 0 atom stereocenters. The molecule has 2 heterocycles. The maximum atomic E-state index is 11.6. The largest absolute Gasteiger partial charge is 0.507 e. The Hall–Kier alpha value is -6.35. The van der Waals surface area contributed by atoms with E-state index >= 15 is 0 Å². The monoisotopic (exact) mass is 990 g/mol. The Morgan fingerprint density at radius 1 is 0.565 bits per heavy atom. The van der Waals surface area contributed by atoms with Gasteiger partial charge < -0.3 is 5.11 Å². The number of aromatic nitrogens is 3. The van der Waals surface area contributed by atoms with Crippen molar-refractivity contribution in [1.29, 1.82) is 0 Å². The number of imidazole rings is 1. The Morgan fingerprint density at radius 2 is 1.21 bits per heavy atom. The van der Waals surface area contributed by atoms with Crippen LogP contribution in [0.1, 0.15) is 62.3 Å². The number of aryl methyl sites for hydroxylation is 1. The maximum Gasteiger partial charge on any atom is 0.148 e. The van der Waals surface area contributed by atoms with Crippen molar-refractivity contribution in [3.8, 4) is 78.6 Å². The van der Waals surface area contributed by atoms with E-state index in [1.54, 1.807) is 24.4 Å². The zero-order chi connectivity index (χ0) is 45.0. The Balaban J connectivity index is 0.00000576. The van der Waals surface area contributed by atoms with E-state index in [0.717, 1.165) is 78.0 Å². The Labute approximate surface area is 384 Å². The maximum absolute atomic E-state index is 11.6. The van der Waals surface area contributed by atoms with Gasteiger partial charge in [0, 0.05) is 42.6 Å². The SMILES string of the molecule is [2H]C([2H])([2H])c1ccc(-c2ccnc(-c3[c-]c(-c4cccc5c4nc(-c4ccccc4O)n5-c4cc(-c5ccccc5)c(C(C)(C)C)cc4-c4ccccc4)cc(C(C)(C)C)c3)c2)cc1.[Pt]. The molecule has 0 saturated heterocycles. The molecule has 0 spiro atoms. The molecule has 1 N–H and O–H groups in total. The van der Waals surface area contributed by atoms with Gasteiger partial charge in [0.1, 0.15) is 11.6 Å². The van der Waals surface area contributed by atoms with Crippen molar-refractivity contribution in [3.63, 3.8) is 0 Å². The summed E-state index contributed by atoms with van der Waals surface area (Å²) in [6.07, 6.45) is 1.79. The molecule has 7 aromatic carbocycles. The normalized spacial score (nSPS) is 12.6. The van der Waals surface area contributed by atoms with E-state index in [4.69, 9.17) is 14.1 Å². The third-order valence-electron chi connectivity index (χ3n) is 11.5. The van der Waals surface area contributed by atoms with Crippen molar-refractivity contribution in [1.82, 2.24) is 14.5 Å². The number of fused-ring (bicyclic) bond motifs is 1. The van der Waals surface area contributed by atoms with Gasteiger partial charge in [-0.25, -0.2) is 4.98 Å². The van der Waals surface area contributed by atoms with Gasteiger partial charge in [-0.3, -0.25) is 9.55 Å². The Kier molecular flexibility index (Phi) is 10.5. The third-order valence-corrected chi connectivity index (χ3v) is 11.5. The minimum Gasteiger partial charge on any atom is -0.507 e. The predicted molar refractivity (Wildman–Crippen MR) is 254 cm³/mol. The molecule has 0 aliphatic carbocycles. The summed E-state index contributed by atoms with van der Waals surface area (Å²) in [7, 11) is 0. The van der Waals surface area contributed by atoms with Crippen LogP contribution in [0.2, 0.25) is 0 Å². The number of nitrogens with zero attached hydrogens (tertiary/aromatic N) is 3. The van der Waals surface area contributed by atoms with E-state index in [9.17, 15) is 5.11 Å². The number of benzene rings is 7. The Morgan fingerprint density at radius 3 is 1.87 bits per heavy atom. The first-order valence-corrected chi connectivity index (χ1v) is 20.8. The average molecular weight is 991 g/mol. The molecule has 9 rings (SSSR count). The average Bonchev–Trinajstić information content (AvgIpc) is 3.68. The van der Waals surface area contributed by atoms with Crippen molar-refractivity contribution in [3.05, 3.63) is 193 Å². The smallest absolute Gasteiger partial charge is 0.148 e. The van der Waals surface area contributed by atoms with Crippen molar-refractivity contribution < 1.29 is 30.3 Å². The van der Waals surface area contributed by atoms with Gasteiger partial charge in [0.05, 0.1) is 22.3 Å². The number of hydrogen-bond acceptors (Lipinski definition) is 3. The van der Waals surface area contributed by atoms with Crippen LogP contribution >= 0.6 is 0 Å². The van der Waals surface area contributed by atoms with E-state index in [2.05, 4.69) is 143 Å². The molecule has 5 heteroatoms. The molecular weight excluding hydrogens is 938 g/mol. The molecule has 0 aliphatic heterocycles. The van der Waals surface area contributed by atoms with Gasteiger partial charge >= 0.3 is 0 Å². The number of phenols is 1. The summed E-state index contributed by atoms with van der Waals surface area (Å²) >= 11 is 0. The summed E-state index contributed by atoms with van der Waals surface area (Å²) in [5, 5.41) is 11.6. The van der Waals surface area contributed by atoms with Gasteiger partial charge in [-0.2, -0.15) is 0 Å². The van der Waals surface area contributed by atoms with Crippen LogP contribution in [0.3, 0.4) is 0 Å². The number of aromatic hydroxyl groups is 1. The van der Waals surface area contributed by atoms with Gasteiger partial charge in [-0.05, 0) is 87.5 Å². The van der Waals surface area contributed by atoms with Gasteiger partial charge in [0.25, 0.3) is 0 Å². The van der Waals surface area contributed by atoms with Gasteiger partial charge in [0.2, 0.25) is 0 Å². The number of para-hydroxylation sites is 2. The molecule has 0 radical (unpaired) electrons. The van der Waals surface area contributed by atoms with E-state index in [1.807, 2.05) is 54.6 Å². The minimum absolute atomic E-state index is 0. The van der Waals surface area contributed by atoms with Crippen LogP contribution in [-0.4, -0.2) is 19.6 Å². The zero-order valence-corrected chi connectivity index (χ0v) is 38.0. The molecule has 2 aromatic heterocycles. The fraction of sp³-hybridized carbons (Fsp3) is 0.158. The quantitative estimate of drug-likeness (QED) is 0.162. The molecular formula is C57H50N3OPt-. The van der Waals surface area contributed by atoms with Gasteiger partial charge in [-0.1, -0.05) is 173 Å². The minimum atomic E-state index is -2.17. The van der Waals surface area contributed by atoms with Crippen LogP contribution in [0, 0.1) is 12.9 Å². The van der Waals surface area contributed by atoms with Crippen LogP contribution in [0.4, 0.5) is 0 Å². The van der Waals surface area contributed by atoms with Crippen molar-refractivity contribution >= 4 is 11.0 Å². The summed E-state index contributed by atoms with van der Waals surface area (Å²) in [6.45, 7) is 11.2. The molecule has 0 aliphatic rings.